The van der Waals surface area contributed by atoms with Gasteiger partial charge in [-0.2, -0.15) is 0 Å². The number of carbonyl (C=O) groups is 1. The molecule has 5 heteroatoms. The molecule has 1 unspecified atom stereocenters. The second-order valence-corrected chi connectivity index (χ2v) is 6.72. The van der Waals surface area contributed by atoms with Gasteiger partial charge in [-0.3, -0.25) is 4.79 Å². The lowest BCUT2D eigenvalue weighted by Crippen LogP contribution is -2.27. The summed E-state index contributed by atoms with van der Waals surface area (Å²) in [4.78, 5) is 12.4. The van der Waals surface area contributed by atoms with E-state index in [9.17, 15) is 4.79 Å². The molecule has 1 saturated heterocycles. The summed E-state index contributed by atoms with van der Waals surface area (Å²) in [5, 5.41) is 2.88. The fraction of sp³-hybridized carbons (Fsp3) is 0.381. The van der Waals surface area contributed by atoms with Crippen molar-refractivity contribution in [3.63, 3.8) is 0 Å². The van der Waals surface area contributed by atoms with Crippen LogP contribution in [0.1, 0.15) is 30.0 Å². The van der Waals surface area contributed by atoms with Crippen LogP contribution in [0.5, 0.6) is 5.75 Å². The topological polar surface area (TPSA) is 73.6 Å². The van der Waals surface area contributed by atoms with Crippen molar-refractivity contribution in [1.29, 1.82) is 0 Å². The van der Waals surface area contributed by atoms with Crippen LogP contribution in [0.15, 0.2) is 48.5 Å². The van der Waals surface area contributed by atoms with Crippen LogP contribution in [0.3, 0.4) is 0 Å². The third-order valence-electron chi connectivity index (χ3n) is 4.71. The van der Waals surface area contributed by atoms with Gasteiger partial charge in [-0.1, -0.05) is 36.4 Å². The molecule has 0 aromatic heterocycles. The van der Waals surface area contributed by atoms with E-state index < -0.39 is 6.04 Å². The predicted molar refractivity (Wildman–Crippen MR) is 102 cm³/mol. The van der Waals surface area contributed by atoms with Crippen LogP contribution in [0.2, 0.25) is 0 Å². The van der Waals surface area contributed by atoms with Crippen LogP contribution in [0.25, 0.3) is 0 Å². The molecule has 2 aromatic rings. The minimum absolute atomic E-state index is 0.240. The molecule has 3 rings (SSSR count). The maximum atomic E-state index is 12.4. The Labute approximate surface area is 154 Å². The van der Waals surface area contributed by atoms with Crippen molar-refractivity contribution in [2.75, 3.05) is 25.1 Å². The van der Waals surface area contributed by atoms with Crippen LogP contribution in [0, 0.1) is 12.8 Å². The highest BCUT2D eigenvalue weighted by atomic mass is 16.5. The largest absolute Gasteiger partial charge is 0.493 e. The molecule has 5 nitrogen and oxygen atoms in total. The molecule has 1 atom stereocenters. The molecule has 1 heterocycles. The summed E-state index contributed by atoms with van der Waals surface area (Å²) in [7, 11) is 0. The fourth-order valence-electron chi connectivity index (χ4n) is 2.99. The van der Waals surface area contributed by atoms with Crippen molar-refractivity contribution < 1.29 is 14.3 Å². The van der Waals surface area contributed by atoms with Crippen molar-refractivity contribution >= 4 is 11.6 Å². The molecule has 0 saturated carbocycles. The van der Waals surface area contributed by atoms with Gasteiger partial charge >= 0.3 is 0 Å². The molecule has 138 valence electrons. The first-order chi connectivity index (χ1) is 12.6. The Bertz CT molecular complexity index is 727. The molecule has 1 fully saturated rings. The SMILES string of the molecule is Cc1ccc(NC(=O)C(N)c2ccccc2)cc1OCC1CCOCC1. The van der Waals surface area contributed by atoms with Crippen LogP contribution >= 0.6 is 0 Å². The quantitative estimate of drug-likeness (QED) is 0.833. The van der Waals surface area contributed by atoms with Gasteiger partial charge in [-0.15, -0.1) is 0 Å². The molecule has 1 amide bonds. The summed E-state index contributed by atoms with van der Waals surface area (Å²) in [6.07, 6.45) is 2.06. The maximum Gasteiger partial charge on any atom is 0.245 e. The molecule has 0 aliphatic carbocycles. The van der Waals surface area contributed by atoms with Gasteiger partial charge in [0.05, 0.1) is 6.61 Å². The van der Waals surface area contributed by atoms with Gasteiger partial charge in [0, 0.05) is 25.0 Å². The highest BCUT2D eigenvalue weighted by molar-refractivity contribution is 5.95. The Morgan fingerprint density at radius 1 is 1.23 bits per heavy atom. The number of rotatable bonds is 6. The average molecular weight is 354 g/mol. The van der Waals surface area contributed by atoms with E-state index in [4.69, 9.17) is 15.2 Å². The van der Waals surface area contributed by atoms with E-state index in [1.807, 2.05) is 55.5 Å². The zero-order valence-electron chi connectivity index (χ0n) is 15.1. The third-order valence-corrected chi connectivity index (χ3v) is 4.71. The van der Waals surface area contributed by atoms with E-state index >= 15 is 0 Å². The molecular formula is C21H26N2O3. The minimum Gasteiger partial charge on any atom is -0.493 e. The molecule has 0 bridgehead atoms. The average Bonchev–Trinajstić information content (AvgIpc) is 2.69. The number of nitrogens with one attached hydrogen (secondary N) is 1. The molecule has 0 radical (unpaired) electrons. The summed E-state index contributed by atoms with van der Waals surface area (Å²) < 4.78 is 11.4. The Balaban J connectivity index is 1.62. The summed E-state index contributed by atoms with van der Waals surface area (Å²) in [5.41, 5.74) is 8.57. The number of carbonyl (C=O) groups excluding carboxylic acids is 1. The summed E-state index contributed by atoms with van der Waals surface area (Å²) >= 11 is 0. The van der Waals surface area contributed by atoms with Gasteiger partial charge < -0.3 is 20.5 Å². The zero-order chi connectivity index (χ0) is 18.4. The smallest absolute Gasteiger partial charge is 0.245 e. The zero-order valence-corrected chi connectivity index (χ0v) is 15.1. The van der Waals surface area contributed by atoms with E-state index in [-0.39, 0.29) is 5.91 Å². The molecule has 0 spiro atoms. The molecule has 2 aromatic carbocycles. The van der Waals surface area contributed by atoms with Crippen LogP contribution in [-0.2, 0) is 9.53 Å². The molecule has 3 N–H and O–H groups in total. The molecular weight excluding hydrogens is 328 g/mol. The number of amides is 1. The lowest BCUT2D eigenvalue weighted by molar-refractivity contribution is -0.117. The Hall–Kier alpha value is -2.37. The van der Waals surface area contributed by atoms with E-state index in [0.717, 1.165) is 42.9 Å². The van der Waals surface area contributed by atoms with Crippen LogP contribution in [0.4, 0.5) is 5.69 Å². The second-order valence-electron chi connectivity index (χ2n) is 6.72. The third kappa shape index (κ3) is 4.84. The first-order valence-corrected chi connectivity index (χ1v) is 9.06. The molecule has 1 aliphatic heterocycles. The van der Waals surface area contributed by atoms with Crippen molar-refractivity contribution in [2.45, 2.75) is 25.8 Å². The van der Waals surface area contributed by atoms with Crippen molar-refractivity contribution in [1.82, 2.24) is 0 Å². The Kier molecular flexibility index (Phi) is 6.26. The summed E-state index contributed by atoms with van der Waals surface area (Å²) in [6, 6.07) is 14.3. The van der Waals surface area contributed by atoms with Crippen LogP contribution < -0.4 is 15.8 Å². The predicted octanol–water partition coefficient (Wildman–Crippen LogP) is 3.44. The standard InChI is InChI=1S/C21H26N2O3/c1-15-7-8-18(13-19(15)26-14-16-9-11-25-12-10-16)23-21(24)20(22)17-5-3-2-4-6-17/h2-8,13,16,20H,9-12,14,22H2,1H3,(H,23,24). The monoisotopic (exact) mass is 354 g/mol. The number of aryl methyl sites for hydroxylation is 1. The number of anilines is 1. The first kappa shape index (κ1) is 18.4. The normalized spacial score (nSPS) is 16.1. The van der Waals surface area contributed by atoms with Gasteiger partial charge in [0.1, 0.15) is 11.8 Å². The Morgan fingerprint density at radius 3 is 2.69 bits per heavy atom. The van der Waals surface area contributed by atoms with Gasteiger partial charge in [0.15, 0.2) is 0 Å². The minimum atomic E-state index is -0.705. The first-order valence-electron chi connectivity index (χ1n) is 9.06. The summed E-state index contributed by atoms with van der Waals surface area (Å²) in [6.45, 7) is 4.28. The summed E-state index contributed by atoms with van der Waals surface area (Å²) in [5.74, 6) is 1.07. The van der Waals surface area contributed by atoms with E-state index in [1.54, 1.807) is 0 Å². The van der Waals surface area contributed by atoms with Crippen molar-refractivity contribution in [3.8, 4) is 5.75 Å². The van der Waals surface area contributed by atoms with Crippen molar-refractivity contribution in [2.24, 2.45) is 11.7 Å². The Morgan fingerprint density at radius 2 is 1.96 bits per heavy atom. The highest BCUT2D eigenvalue weighted by Crippen LogP contribution is 2.25. The number of hydrogen-bond acceptors (Lipinski definition) is 4. The second kappa shape index (κ2) is 8.83. The number of benzene rings is 2. The molecule has 1 aliphatic rings. The van der Waals surface area contributed by atoms with Crippen LogP contribution in [-0.4, -0.2) is 25.7 Å². The fourth-order valence-corrected chi connectivity index (χ4v) is 2.99. The lowest BCUT2D eigenvalue weighted by atomic mass is 10.0. The lowest BCUT2D eigenvalue weighted by Gasteiger charge is -2.22. The van der Waals surface area contributed by atoms with Crippen molar-refractivity contribution in [3.05, 3.63) is 59.7 Å². The van der Waals surface area contributed by atoms with Gasteiger partial charge in [0.2, 0.25) is 5.91 Å². The van der Waals surface area contributed by atoms with E-state index in [2.05, 4.69) is 5.32 Å². The number of hydrogen-bond donors (Lipinski definition) is 2. The highest BCUT2D eigenvalue weighted by Gasteiger charge is 2.17. The maximum absolute atomic E-state index is 12.4. The van der Waals surface area contributed by atoms with Gasteiger partial charge in [0.25, 0.3) is 0 Å². The van der Waals surface area contributed by atoms with Gasteiger partial charge in [-0.25, -0.2) is 0 Å². The number of nitrogens with two attached hydrogens (primary N) is 1. The van der Waals surface area contributed by atoms with E-state index in [1.165, 1.54) is 0 Å². The number of ether oxygens (including phenoxy) is 2. The van der Waals surface area contributed by atoms with Gasteiger partial charge in [-0.05, 0) is 42.9 Å². The molecule has 26 heavy (non-hydrogen) atoms. The van der Waals surface area contributed by atoms with E-state index in [0.29, 0.717) is 18.2 Å².